The van der Waals surface area contributed by atoms with E-state index in [-0.39, 0.29) is 35.2 Å². The van der Waals surface area contributed by atoms with Crippen LogP contribution in [-0.2, 0) is 25.5 Å². The predicted octanol–water partition coefficient (Wildman–Crippen LogP) is 5.95. The van der Waals surface area contributed by atoms with Crippen LogP contribution in [0.2, 0.25) is 0 Å². The number of amides is 2. The number of piperazine rings is 1. The van der Waals surface area contributed by atoms with E-state index < -0.39 is 11.7 Å². The number of benzene rings is 2. The molecule has 3 aromatic rings. The van der Waals surface area contributed by atoms with E-state index >= 15 is 0 Å². The minimum atomic E-state index is -0.605. The van der Waals surface area contributed by atoms with E-state index in [1.54, 1.807) is 34.1 Å². The van der Waals surface area contributed by atoms with Crippen LogP contribution in [0, 0.1) is 40.3 Å². The average molecular weight is 741 g/mol. The van der Waals surface area contributed by atoms with Gasteiger partial charge >= 0.3 is 0 Å². The predicted molar refractivity (Wildman–Crippen MR) is 201 cm³/mol. The first-order valence-corrected chi connectivity index (χ1v) is 20.1. The fraction of sp³-hybridized carbons (Fsp3) is 0.605. The number of Topliss-reactive ketones (excluding diaryl/α,β-unsaturated/α-hetero) is 1. The van der Waals surface area contributed by atoms with Crippen molar-refractivity contribution in [2.75, 3.05) is 46.0 Å². The molecule has 1 aromatic heterocycles. The molecule has 1 N–H and O–H groups in total. The van der Waals surface area contributed by atoms with Crippen molar-refractivity contribution < 1.29 is 28.2 Å². The fourth-order valence-corrected chi connectivity index (χ4v) is 11.4. The van der Waals surface area contributed by atoms with Crippen LogP contribution < -0.4 is 5.56 Å². The number of ether oxygens (including phenoxy) is 2. The van der Waals surface area contributed by atoms with Crippen molar-refractivity contribution in [3.05, 3.63) is 75.5 Å². The Bertz CT molecular complexity index is 1980. The lowest BCUT2D eigenvalue weighted by Gasteiger charge is -2.60. The SMILES string of the molecule is C[C@]12CCC(=O)C[C@@H]1CC[C@@H]1[C@@H]2CC[C@]2(C)[C@@H](OCCOCC(=O)N3CCN(C(=O)c4cc(Cc5n[nH]c(=O)c6ccccc56)ccc4F)CC3)CC[C@@H]12. The van der Waals surface area contributed by atoms with Crippen molar-refractivity contribution in [3.8, 4) is 0 Å². The zero-order valence-electron chi connectivity index (χ0n) is 31.6. The highest BCUT2D eigenvalue weighted by atomic mass is 19.1. The Labute approximate surface area is 316 Å². The number of hydrogen-bond donors (Lipinski definition) is 1. The summed E-state index contributed by atoms with van der Waals surface area (Å²) < 4.78 is 27.3. The number of aromatic nitrogens is 2. The second kappa shape index (κ2) is 14.9. The van der Waals surface area contributed by atoms with E-state index in [9.17, 15) is 23.6 Å². The van der Waals surface area contributed by atoms with Crippen LogP contribution >= 0.6 is 0 Å². The molecule has 7 atom stereocenters. The lowest BCUT2D eigenvalue weighted by Crippen LogP contribution is -2.54. The van der Waals surface area contributed by atoms with Crippen molar-refractivity contribution in [1.82, 2.24) is 20.0 Å². The highest BCUT2D eigenvalue weighted by Crippen LogP contribution is 2.66. The summed E-state index contributed by atoms with van der Waals surface area (Å²) in [4.78, 5) is 54.2. The van der Waals surface area contributed by atoms with Gasteiger partial charge in [0.05, 0.1) is 36.0 Å². The van der Waals surface area contributed by atoms with Gasteiger partial charge in [-0.1, -0.05) is 38.1 Å². The van der Waals surface area contributed by atoms with Gasteiger partial charge < -0.3 is 19.3 Å². The van der Waals surface area contributed by atoms with Gasteiger partial charge in [-0.15, -0.1) is 0 Å². The Hall–Kier alpha value is -3.96. The van der Waals surface area contributed by atoms with Crippen LogP contribution in [0.15, 0.2) is 47.3 Å². The number of ketones is 1. The number of halogens is 1. The second-order valence-electron chi connectivity index (χ2n) is 17.1. The molecule has 1 aliphatic heterocycles. The van der Waals surface area contributed by atoms with Crippen LogP contribution in [-0.4, -0.2) is 89.7 Å². The first-order valence-electron chi connectivity index (χ1n) is 20.1. The van der Waals surface area contributed by atoms with Crippen LogP contribution in [0.4, 0.5) is 4.39 Å². The number of hydrogen-bond acceptors (Lipinski definition) is 7. The molecule has 0 bridgehead atoms. The van der Waals surface area contributed by atoms with Crippen molar-refractivity contribution in [1.29, 1.82) is 0 Å². The lowest BCUT2D eigenvalue weighted by molar-refractivity contribution is -0.147. The Morgan fingerprint density at radius 2 is 1.65 bits per heavy atom. The van der Waals surface area contributed by atoms with E-state index in [4.69, 9.17) is 9.47 Å². The smallest absolute Gasteiger partial charge is 0.272 e. The molecule has 1 saturated heterocycles. The van der Waals surface area contributed by atoms with Crippen LogP contribution in [0.1, 0.15) is 93.3 Å². The first-order chi connectivity index (χ1) is 26.0. The van der Waals surface area contributed by atoms with Crippen molar-refractivity contribution in [2.24, 2.45) is 34.5 Å². The number of aromatic amines is 1. The Kier molecular flexibility index (Phi) is 10.2. The van der Waals surface area contributed by atoms with Gasteiger partial charge in [0.2, 0.25) is 5.91 Å². The fourth-order valence-electron chi connectivity index (χ4n) is 11.4. The van der Waals surface area contributed by atoms with Gasteiger partial charge in [0, 0.05) is 50.8 Å². The van der Waals surface area contributed by atoms with Crippen molar-refractivity contribution in [3.63, 3.8) is 0 Å². The van der Waals surface area contributed by atoms with E-state index in [0.717, 1.165) is 37.5 Å². The van der Waals surface area contributed by atoms with Crippen LogP contribution in [0.25, 0.3) is 10.8 Å². The van der Waals surface area contributed by atoms with Crippen molar-refractivity contribution >= 4 is 28.4 Å². The Morgan fingerprint density at radius 1 is 0.889 bits per heavy atom. The molecule has 54 heavy (non-hydrogen) atoms. The molecule has 0 radical (unpaired) electrons. The maximum atomic E-state index is 15.0. The summed E-state index contributed by atoms with van der Waals surface area (Å²) in [6.45, 7) is 6.98. The lowest BCUT2D eigenvalue weighted by atomic mass is 9.45. The third kappa shape index (κ3) is 6.80. The number of nitrogens with zero attached hydrogens (tertiary/aromatic N) is 3. The average Bonchev–Trinajstić information content (AvgIpc) is 3.52. The maximum Gasteiger partial charge on any atom is 0.272 e. The molecule has 288 valence electrons. The summed E-state index contributed by atoms with van der Waals surface area (Å²) in [7, 11) is 0. The summed E-state index contributed by atoms with van der Waals surface area (Å²) in [6.07, 6.45) is 10.3. The standard InChI is InChI=1S/C43H53FN4O6/c1-42-15-13-29(49)25-28(42)8-9-32-34-10-12-38(43(34,2)16-14-35(32)42)54-22-21-53-26-39(50)47-17-19-48(20-18-47)41(52)33-23-27(7-11-36(33)44)24-37-30-5-3-4-6-31(30)40(51)46-45-37/h3-7,11,23,28,32,34-35,38H,8-10,12-22,24-26H2,1-2H3,(H,46,51)/t28-,32-,34-,35-,38-,42-,43-/m0/s1. The molecule has 0 unspecified atom stereocenters. The quantitative estimate of drug-likeness (QED) is 0.269. The number of carbonyl (C=O) groups is 3. The normalized spacial score (nSPS) is 30.9. The third-order valence-electron chi connectivity index (χ3n) is 14.5. The maximum absolute atomic E-state index is 15.0. The number of fused-ring (bicyclic) bond motifs is 6. The number of H-pyrrole nitrogens is 1. The Morgan fingerprint density at radius 3 is 2.46 bits per heavy atom. The topological polar surface area (TPSA) is 122 Å². The molecule has 2 heterocycles. The number of nitrogens with one attached hydrogen (secondary N) is 1. The first kappa shape index (κ1) is 37.0. The highest BCUT2D eigenvalue weighted by molar-refractivity contribution is 5.95. The third-order valence-corrected chi connectivity index (χ3v) is 14.5. The second-order valence-corrected chi connectivity index (χ2v) is 17.1. The zero-order chi connectivity index (χ0) is 37.6. The summed E-state index contributed by atoms with van der Waals surface area (Å²) in [5.41, 5.74) is 1.51. The van der Waals surface area contributed by atoms with Crippen LogP contribution in [0.5, 0.6) is 0 Å². The van der Waals surface area contributed by atoms with E-state index in [2.05, 4.69) is 24.0 Å². The largest absolute Gasteiger partial charge is 0.375 e. The highest BCUT2D eigenvalue weighted by Gasteiger charge is 2.60. The van der Waals surface area contributed by atoms with Gasteiger partial charge in [-0.3, -0.25) is 19.2 Å². The van der Waals surface area contributed by atoms with E-state index in [1.807, 2.05) is 12.1 Å². The molecule has 5 fully saturated rings. The minimum absolute atomic E-state index is 0.0246. The zero-order valence-corrected chi connectivity index (χ0v) is 31.6. The number of carbonyl (C=O) groups excluding carboxylic acids is 3. The molecule has 4 aliphatic carbocycles. The molecular weight excluding hydrogens is 687 g/mol. The molecule has 2 aromatic carbocycles. The van der Waals surface area contributed by atoms with Gasteiger partial charge in [0.1, 0.15) is 18.2 Å². The van der Waals surface area contributed by atoms with Crippen LogP contribution in [0.3, 0.4) is 0 Å². The van der Waals surface area contributed by atoms with E-state index in [1.165, 1.54) is 38.2 Å². The molecule has 4 saturated carbocycles. The van der Waals surface area contributed by atoms with Gasteiger partial charge in [0.15, 0.2) is 0 Å². The monoisotopic (exact) mass is 740 g/mol. The summed E-state index contributed by atoms with van der Waals surface area (Å²) in [5, 5.41) is 7.97. The van der Waals surface area contributed by atoms with Gasteiger partial charge in [-0.25, -0.2) is 9.49 Å². The summed E-state index contributed by atoms with van der Waals surface area (Å²) in [5.74, 6) is 2.01. The van der Waals surface area contributed by atoms with Crippen molar-refractivity contribution in [2.45, 2.75) is 84.2 Å². The van der Waals surface area contributed by atoms with Gasteiger partial charge in [0.25, 0.3) is 11.5 Å². The molecular formula is C43H53FN4O6. The van der Waals surface area contributed by atoms with Gasteiger partial charge in [-0.2, -0.15) is 5.10 Å². The van der Waals surface area contributed by atoms with E-state index in [0.29, 0.717) is 90.9 Å². The minimum Gasteiger partial charge on any atom is -0.375 e. The summed E-state index contributed by atoms with van der Waals surface area (Å²) >= 11 is 0. The molecule has 5 aliphatic rings. The molecule has 11 heteroatoms. The molecule has 8 rings (SSSR count). The molecule has 10 nitrogen and oxygen atoms in total. The number of rotatable bonds is 9. The summed E-state index contributed by atoms with van der Waals surface area (Å²) in [6, 6.07) is 11.6. The Balaban J connectivity index is 0.782. The molecule has 2 amide bonds. The molecule has 0 spiro atoms. The van der Waals surface area contributed by atoms with Gasteiger partial charge in [-0.05, 0) is 103 Å².